The molecular formula is C19H27F2NO2. The van der Waals surface area contributed by atoms with E-state index in [0.29, 0.717) is 31.0 Å². The quantitative estimate of drug-likeness (QED) is 0.748. The summed E-state index contributed by atoms with van der Waals surface area (Å²) in [6.07, 6.45) is 1.62. The minimum Gasteiger partial charge on any atom is -0.444 e. The summed E-state index contributed by atoms with van der Waals surface area (Å²) in [5.41, 5.74) is 0.0486. The third kappa shape index (κ3) is 5.77. The van der Waals surface area contributed by atoms with Crippen LogP contribution in [0.1, 0.15) is 58.2 Å². The molecule has 1 fully saturated rings. The van der Waals surface area contributed by atoms with Gasteiger partial charge in [0.25, 0.3) is 0 Å². The second-order valence-corrected chi connectivity index (χ2v) is 7.51. The highest BCUT2D eigenvalue weighted by Gasteiger charge is 2.27. The fraction of sp³-hybridized carbons (Fsp3) is 0.632. The summed E-state index contributed by atoms with van der Waals surface area (Å²) >= 11 is 0. The normalized spacial score (nSPS) is 17.6. The smallest absolute Gasteiger partial charge is 0.410 e. The lowest BCUT2D eigenvalue weighted by atomic mass is 9.90. The number of hydrogen-bond donors (Lipinski definition) is 0. The molecule has 1 aliphatic heterocycles. The summed E-state index contributed by atoms with van der Waals surface area (Å²) in [7, 11) is 0. The van der Waals surface area contributed by atoms with Crippen LogP contribution in [0.3, 0.4) is 0 Å². The summed E-state index contributed by atoms with van der Waals surface area (Å²) in [4.78, 5) is 13.7. The molecule has 0 saturated carbocycles. The van der Waals surface area contributed by atoms with E-state index in [1.165, 1.54) is 24.3 Å². The second kappa shape index (κ2) is 7.95. The van der Waals surface area contributed by atoms with Gasteiger partial charge in [-0.05, 0) is 70.1 Å². The predicted octanol–water partition coefficient (Wildman–Crippen LogP) is 5.26. The Kier molecular flexibility index (Phi) is 6.19. The maximum Gasteiger partial charge on any atom is 0.410 e. The Morgan fingerprint density at radius 3 is 2.38 bits per heavy atom. The van der Waals surface area contributed by atoms with Gasteiger partial charge in [-0.2, -0.15) is 0 Å². The summed E-state index contributed by atoms with van der Waals surface area (Å²) in [6, 6.07) is 5.60. The lowest BCUT2D eigenvalue weighted by Gasteiger charge is -2.33. The average Bonchev–Trinajstić information content (AvgIpc) is 2.52. The van der Waals surface area contributed by atoms with E-state index in [-0.39, 0.29) is 11.9 Å². The maximum absolute atomic E-state index is 14.2. The van der Waals surface area contributed by atoms with Gasteiger partial charge in [-0.3, -0.25) is 0 Å². The van der Waals surface area contributed by atoms with Crippen LogP contribution in [-0.2, 0) is 4.74 Å². The van der Waals surface area contributed by atoms with Crippen molar-refractivity contribution >= 4 is 6.09 Å². The summed E-state index contributed by atoms with van der Waals surface area (Å²) in [5, 5.41) is 0. The monoisotopic (exact) mass is 339 g/mol. The predicted molar refractivity (Wildman–Crippen MR) is 90.0 cm³/mol. The number of likely N-dealkylation sites (tertiary alicyclic amines) is 1. The number of benzene rings is 1. The van der Waals surface area contributed by atoms with Gasteiger partial charge in [0.2, 0.25) is 0 Å². The first-order valence-corrected chi connectivity index (χ1v) is 8.62. The third-order valence-corrected chi connectivity index (χ3v) is 4.33. The Bertz CT molecular complexity index is 531. The van der Waals surface area contributed by atoms with Crippen LogP contribution in [-0.4, -0.2) is 29.7 Å². The second-order valence-electron chi connectivity index (χ2n) is 7.51. The number of amides is 1. The van der Waals surface area contributed by atoms with E-state index in [1.54, 1.807) is 4.90 Å². The van der Waals surface area contributed by atoms with Gasteiger partial charge in [-0.15, -0.1) is 0 Å². The van der Waals surface area contributed by atoms with Crippen molar-refractivity contribution in [3.63, 3.8) is 0 Å². The summed E-state index contributed by atoms with van der Waals surface area (Å²) in [6.45, 7) is 6.89. The molecule has 1 unspecified atom stereocenters. The van der Waals surface area contributed by atoms with Crippen LogP contribution in [0.25, 0.3) is 0 Å². The lowest BCUT2D eigenvalue weighted by molar-refractivity contribution is 0.0178. The number of ether oxygens (including phenoxy) is 1. The van der Waals surface area contributed by atoms with E-state index in [9.17, 15) is 13.6 Å². The highest BCUT2D eigenvalue weighted by atomic mass is 19.1. The Morgan fingerprint density at radius 1 is 1.25 bits per heavy atom. The third-order valence-electron chi connectivity index (χ3n) is 4.33. The molecule has 0 bridgehead atoms. The van der Waals surface area contributed by atoms with Crippen molar-refractivity contribution in [2.75, 3.05) is 13.1 Å². The molecule has 1 aromatic carbocycles. The standard InChI is InChI=1S/C19H27F2NO2/c1-19(2,3)24-18(23)22-12-10-14(11-13-22)4-9-17(21)15-5-7-16(20)8-6-15/h5-8,14,17H,4,9-13H2,1-3H3. The Balaban J connectivity index is 1.73. The first kappa shape index (κ1) is 18.7. The number of halogens is 2. The highest BCUT2D eigenvalue weighted by Crippen LogP contribution is 2.29. The molecule has 2 rings (SSSR count). The maximum atomic E-state index is 14.2. The van der Waals surface area contributed by atoms with E-state index >= 15 is 0 Å². The van der Waals surface area contributed by atoms with Crippen molar-refractivity contribution in [1.29, 1.82) is 0 Å². The van der Waals surface area contributed by atoms with E-state index in [1.807, 2.05) is 20.8 Å². The first-order chi connectivity index (χ1) is 11.2. The number of rotatable bonds is 4. The van der Waals surface area contributed by atoms with Crippen LogP contribution in [0.5, 0.6) is 0 Å². The van der Waals surface area contributed by atoms with Crippen molar-refractivity contribution < 1.29 is 18.3 Å². The zero-order valence-electron chi connectivity index (χ0n) is 14.7. The van der Waals surface area contributed by atoms with Gasteiger partial charge >= 0.3 is 6.09 Å². The van der Waals surface area contributed by atoms with Crippen LogP contribution < -0.4 is 0 Å². The van der Waals surface area contributed by atoms with Gasteiger partial charge in [-0.25, -0.2) is 13.6 Å². The van der Waals surface area contributed by atoms with Gasteiger partial charge in [0, 0.05) is 13.1 Å². The average molecular weight is 339 g/mol. The molecule has 0 aliphatic carbocycles. The molecule has 1 saturated heterocycles. The van der Waals surface area contributed by atoms with Crippen molar-refractivity contribution in [3.8, 4) is 0 Å². The number of nitrogens with zero attached hydrogens (tertiary/aromatic N) is 1. The zero-order chi connectivity index (χ0) is 17.7. The Morgan fingerprint density at radius 2 is 1.83 bits per heavy atom. The number of hydrogen-bond acceptors (Lipinski definition) is 2. The van der Waals surface area contributed by atoms with Crippen molar-refractivity contribution in [2.24, 2.45) is 5.92 Å². The first-order valence-electron chi connectivity index (χ1n) is 8.62. The van der Waals surface area contributed by atoms with E-state index in [0.717, 1.165) is 19.3 Å². The molecule has 134 valence electrons. The van der Waals surface area contributed by atoms with Crippen molar-refractivity contribution in [1.82, 2.24) is 4.90 Å². The van der Waals surface area contributed by atoms with Gasteiger partial charge in [0.1, 0.15) is 17.6 Å². The molecule has 1 heterocycles. The van der Waals surface area contributed by atoms with Crippen LogP contribution in [0, 0.1) is 11.7 Å². The van der Waals surface area contributed by atoms with Crippen molar-refractivity contribution in [2.45, 2.75) is 58.2 Å². The molecule has 0 N–H and O–H groups in total. The number of piperidine rings is 1. The van der Waals surface area contributed by atoms with Gasteiger partial charge < -0.3 is 9.64 Å². The molecule has 1 atom stereocenters. The van der Waals surface area contributed by atoms with E-state index in [4.69, 9.17) is 4.74 Å². The van der Waals surface area contributed by atoms with E-state index < -0.39 is 11.8 Å². The molecular weight excluding hydrogens is 312 g/mol. The summed E-state index contributed by atoms with van der Waals surface area (Å²) < 4.78 is 32.4. The molecule has 3 nitrogen and oxygen atoms in total. The molecule has 0 spiro atoms. The van der Waals surface area contributed by atoms with Crippen LogP contribution in [0.4, 0.5) is 13.6 Å². The highest BCUT2D eigenvalue weighted by molar-refractivity contribution is 5.68. The molecule has 1 aromatic rings. The molecule has 0 aromatic heterocycles. The fourth-order valence-electron chi connectivity index (χ4n) is 2.95. The number of alkyl halides is 1. The number of carbonyl (C=O) groups is 1. The molecule has 0 radical (unpaired) electrons. The van der Waals surface area contributed by atoms with Crippen molar-refractivity contribution in [3.05, 3.63) is 35.6 Å². The molecule has 1 amide bonds. The SMILES string of the molecule is CC(C)(C)OC(=O)N1CCC(CCC(F)c2ccc(F)cc2)CC1. The van der Waals surface area contributed by atoms with Crippen LogP contribution in [0.15, 0.2) is 24.3 Å². The van der Waals surface area contributed by atoms with Gasteiger partial charge in [0.05, 0.1) is 0 Å². The molecule has 5 heteroatoms. The minimum atomic E-state index is -1.06. The van der Waals surface area contributed by atoms with Crippen LogP contribution >= 0.6 is 0 Å². The lowest BCUT2D eigenvalue weighted by Crippen LogP contribution is -2.41. The van der Waals surface area contributed by atoms with E-state index in [2.05, 4.69) is 0 Å². The molecule has 1 aliphatic rings. The largest absolute Gasteiger partial charge is 0.444 e. The number of carbonyl (C=O) groups excluding carboxylic acids is 1. The summed E-state index contributed by atoms with van der Waals surface area (Å²) in [5.74, 6) is 0.0721. The van der Waals surface area contributed by atoms with Gasteiger partial charge in [-0.1, -0.05) is 12.1 Å². The zero-order valence-corrected chi connectivity index (χ0v) is 14.7. The molecule has 24 heavy (non-hydrogen) atoms. The minimum absolute atomic E-state index is 0.268. The Labute approximate surface area is 143 Å². The fourth-order valence-corrected chi connectivity index (χ4v) is 2.95. The van der Waals surface area contributed by atoms with Crippen LogP contribution in [0.2, 0.25) is 0 Å². The Hall–Kier alpha value is -1.65. The van der Waals surface area contributed by atoms with Gasteiger partial charge in [0.15, 0.2) is 0 Å². The topological polar surface area (TPSA) is 29.5 Å².